The van der Waals surface area contributed by atoms with Crippen LogP contribution in [0.2, 0.25) is 0 Å². The first-order chi connectivity index (χ1) is 9.28. The average Bonchev–Trinajstić information content (AvgIpc) is 3.31. The lowest BCUT2D eigenvalue weighted by Crippen LogP contribution is -2.47. The minimum absolute atomic E-state index is 0.384. The summed E-state index contributed by atoms with van der Waals surface area (Å²) < 4.78 is 0. The van der Waals surface area contributed by atoms with E-state index in [1.165, 1.54) is 31.5 Å². The summed E-state index contributed by atoms with van der Waals surface area (Å²) in [6.45, 7) is 6.79. The van der Waals surface area contributed by atoms with Crippen molar-refractivity contribution in [2.75, 3.05) is 38.1 Å². The lowest BCUT2D eigenvalue weighted by molar-refractivity contribution is 0.247. The van der Waals surface area contributed by atoms with Crippen molar-refractivity contribution in [3.05, 3.63) is 23.9 Å². The normalized spacial score (nSPS) is 22.5. The summed E-state index contributed by atoms with van der Waals surface area (Å²) in [5.41, 5.74) is 1.32. The number of hydrogen-bond acceptors (Lipinski definition) is 4. The Morgan fingerprint density at radius 1 is 1.26 bits per heavy atom. The zero-order valence-electron chi connectivity index (χ0n) is 12.0. The van der Waals surface area contributed by atoms with Crippen LogP contribution < -0.4 is 10.2 Å². The fourth-order valence-electron chi connectivity index (χ4n) is 2.80. The van der Waals surface area contributed by atoms with Crippen LogP contribution in [-0.4, -0.2) is 49.2 Å². The average molecular weight is 260 g/mol. The van der Waals surface area contributed by atoms with Crippen LogP contribution in [0.5, 0.6) is 0 Å². The standard InChI is InChI=1S/C15H24N4/c1-12(16-2)13-5-6-17-15(11-13)19-9-7-18(8-10-19)14-3-4-14/h5-6,11-12,14,16H,3-4,7-10H2,1-2H3. The van der Waals surface area contributed by atoms with E-state index in [1.807, 2.05) is 13.2 Å². The highest BCUT2D eigenvalue weighted by Crippen LogP contribution is 2.28. The second-order valence-corrected chi connectivity index (χ2v) is 5.71. The van der Waals surface area contributed by atoms with Gasteiger partial charge in [-0.1, -0.05) is 0 Å². The van der Waals surface area contributed by atoms with Crippen molar-refractivity contribution in [3.8, 4) is 0 Å². The van der Waals surface area contributed by atoms with Gasteiger partial charge in [0.15, 0.2) is 0 Å². The van der Waals surface area contributed by atoms with Gasteiger partial charge < -0.3 is 10.2 Å². The van der Waals surface area contributed by atoms with Crippen molar-refractivity contribution in [1.29, 1.82) is 0 Å². The van der Waals surface area contributed by atoms with Crippen LogP contribution in [0.25, 0.3) is 0 Å². The van der Waals surface area contributed by atoms with Crippen molar-refractivity contribution < 1.29 is 0 Å². The lowest BCUT2D eigenvalue weighted by atomic mass is 10.1. The molecule has 1 aliphatic heterocycles. The molecule has 4 heteroatoms. The highest BCUT2D eigenvalue weighted by atomic mass is 15.3. The molecule has 0 spiro atoms. The van der Waals surface area contributed by atoms with Crippen molar-refractivity contribution in [2.45, 2.75) is 31.8 Å². The molecule has 1 N–H and O–H groups in total. The molecule has 19 heavy (non-hydrogen) atoms. The number of nitrogens with one attached hydrogen (secondary N) is 1. The van der Waals surface area contributed by atoms with Gasteiger partial charge in [-0.15, -0.1) is 0 Å². The fraction of sp³-hybridized carbons (Fsp3) is 0.667. The van der Waals surface area contributed by atoms with Crippen LogP contribution in [0.4, 0.5) is 5.82 Å². The Morgan fingerprint density at radius 2 is 2.00 bits per heavy atom. The van der Waals surface area contributed by atoms with E-state index in [4.69, 9.17) is 0 Å². The predicted molar refractivity (Wildman–Crippen MR) is 78.5 cm³/mol. The highest BCUT2D eigenvalue weighted by molar-refractivity contribution is 5.42. The Bertz CT molecular complexity index is 422. The Hall–Kier alpha value is -1.13. The van der Waals surface area contributed by atoms with Crippen LogP contribution >= 0.6 is 0 Å². The van der Waals surface area contributed by atoms with Gasteiger partial charge in [0.1, 0.15) is 5.82 Å². The minimum Gasteiger partial charge on any atom is -0.354 e. The van der Waals surface area contributed by atoms with Gasteiger partial charge in [0, 0.05) is 44.5 Å². The van der Waals surface area contributed by atoms with Crippen molar-refractivity contribution >= 4 is 5.82 Å². The maximum absolute atomic E-state index is 4.54. The van der Waals surface area contributed by atoms with Crippen molar-refractivity contribution in [3.63, 3.8) is 0 Å². The number of nitrogens with zero attached hydrogens (tertiary/aromatic N) is 3. The summed E-state index contributed by atoms with van der Waals surface area (Å²) in [4.78, 5) is 9.60. The Kier molecular flexibility index (Phi) is 3.71. The van der Waals surface area contributed by atoms with Gasteiger partial charge >= 0.3 is 0 Å². The zero-order valence-corrected chi connectivity index (χ0v) is 12.0. The molecule has 0 radical (unpaired) electrons. The molecule has 1 saturated heterocycles. The zero-order chi connectivity index (χ0) is 13.2. The quantitative estimate of drug-likeness (QED) is 0.892. The molecule has 2 fully saturated rings. The minimum atomic E-state index is 0.384. The Balaban J connectivity index is 1.65. The Morgan fingerprint density at radius 3 is 2.63 bits per heavy atom. The third kappa shape index (κ3) is 2.90. The molecule has 1 aliphatic carbocycles. The number of rotatable bonds is 4. The summed E-state index contributed by atoms with van der Waals surface area (Å²) in [7, 11) is 2.00. The van der Waals surface area contributed by atoms with Gasteiger partial charge in [0.25, 0.3) is 0 Å². The summed E-state index contributed by atoms with van der Waals surface area (Å²) in [5, 5.41) is 3.29. The largest absolute Gasteiger partial charge is 0.354 e. The summed E-state index contributed by atoms with van der Waals surface area (Å²) in [6, 6.07) is 5.61. The van der Waals surface area contributed by atoms with Crippen LogP contribution in [-0.2, 0) is 0 Å². The number of pyridine rings is 1. The maximum Gasteiger partial charge on any atom is 0.128 e. The second-order valence-electron chi connectivity index (χ2n) is 5.71. The van der Waals surface area contributed by atoms with E-state index >= 15 is 0 Å². The van der Waals surface area contributed by atoms with Crippen LogP contribution in [0.3, 0.4) is 0 Å². The van der Waals surface area contributed by atoms with E-state index in [9.17, 15) is 0 Å². The van der Waals surface area contributed by atoms with E-state index in [0.29, 0.717) is 6.04 Å². The van der Waals surface area contributed by atoms with Gasteiger partial charge in [-0.2, -0.15) is 0 Å². The molecule has 2 aliphatic rings. The molecule has 104 valence electrons. The summed E-state index contributed by atoms with van der Waals surface area (Å²) >= 11 is 0. The smallest absolute Gasteiger partial charge is 0.128 e. The van der Waals surface area contributed by atoms with Gasteiger partial charge in [0.05, 0.1) is 0 Å². The fourth-order valence-corrected chi connectivity index (χ4v) is 2.80. The van der Waals surface area contributed by atoms with E-state index < -0.39 is 0 Å². The molecule has 4 nitrogen and oxygen atoms in total. The number of anilines is 1. The van der Waals surface area contributed by atoms with E-state index in [1.54, 1.807) is 0 Å². The first-order valence-electron chi connectivity index (χ1n) is 7.40. The molecule has 1 aromatic heterocycles. The van der Waals surface area contributed by atoms with E-state index in [0.717, 1.165) is 24.9 Å². The number of hydrogen-bond donors (Lipinski definition) is 1. The first-order valence-corrected chi connectivity index (χ1v) is 7.40. The number of aromatic nitrogens is 1. The molecule has 1 aromatic rings. The lowest BCUT2D eigenvalue weighted by Gasteiger charge is -2.35. The van der Waals surface area contributed by atoms with Gasteiger partial charge in [-0.3, -0.25) is 4.90 Å². The Labute approximate surface area is 115 Å². The molecular formula is C15H24N4. The highest BCUT2D eigenvalue weighted by Gasteiger charge is 2.31. The van der Waals surface area contributed by atoms with Crippen LogP contribution in [0.1, 0.15) is 31.4 Å². The topological polar surface area (TPSA) is 31.4 Å². The monoisotopic (exact) mass is 260 g/mol. The second kappa shape index (κ2) is 5.47. The molecule has 1 saturated carbocycles. The molecule has 1 unspecified atom stereocenters. The van der Waals surface area contributed by atoms with Gasteiger partial charge in [-0.05, 0) is 44.5 Å². The molecule has 0 aromatic carbocycles. The van der Waals surface area contributed by atoms with Crippen LogP contribution in [0, 0.1) is 0 Å². The maximum atomic E-state index is 4.54. The molecule has 0 amide bonds. The molecule has 3 rings (SSSR count). The molecule has 1 atom stereocenters. The molecule has 2 heterocycles. The summed E-state index contributed by atoms with van der Waals surface area (Å²) in [6.07, 6.45) is 4.76. The third-order valence-corrected chi connectivity index (χ3v) is 4.40. The number of piperazine rings is 1. The van der Waals surface area contributed by atoms with Gasteiger partial charge in [0.2, 0.25) is 0 Å². The molecule has 0 bridgehead atoms. The summed E-state index contributed by atoms with van der Waals surface area (Å²) in [5.74, 6) is 1.13. The molecular weight excluding hydrogens is 236 g/mol. The van der Waals surface area contributed by atoms with Crippen molar-refractivity contribution in [1.82, 2.24) is 15.2 Å². The van der Waals surface area contributed by atoms with Crippen LogP contribution in [0.15, 0.2) is 18.3 Å². The van der Waals surface area contributed by atoms with Crippen molar-refractivity contribution in [2.24, 2.45) is 0 Å². The first kappa shape index (κ1) is 12.9. The van der Waals surface area contributed by atoms with E-state index in [2.05, 4.69) is 39.2 Å². The van der Waals surface area contributed by atoms with E-state index in [-0.39, 0.29) is 0 Å². The predicted octanol–water partition coefficient (Wildman–Crippen LogP) is 1.65. The third-order valence-electron chi connectivity index (χ3n) is 4.40. The SMILES string of the molecule is CNC(C)c1ccnc(N2CCN(C3CC3)CC2)c1. The van der Waals surface area contributed by atoms with Gasteiger partial charge in [-0.25, -0.2) is 4.98 Å².